The van der Waals surface area contributed by atoms with E-state index in [0.717, 1.165) is 5.92 Å². The summed E-state index contributed by atoms with van der Waals surface area (Å²) in [6.45, 7) is 4.73. The van der Waals surface area contributed by atoms with Gasteiger partial charge in [0.25, 0.3) is 0 Å². The zero-order valence-corrected chi connectivity index (χ0v) is 15.1. The summed E-state index contributed by atoms with van der Waals surface area (Å²) in [6.07, 6.45) is 0. The average molecular weight is 359 g/mol. The van der Waals surface area contributed by atoms with Crippen molar-refractivity contribution in [2.75, 3.05) is 0 Å². The standard InChI is InChI=1S/C7H7.C6H5.C4H9.CH3.Sn/c1-7-5-3-2-4-6-7;1-2-4-6-5-3-1;1-4(2)3;;/h2-6H,1H2;1-5H;4H,1H2,2-3H3;1H3;. The van der Waals surface area contributed by atoms with E-state index >= 15 is 0 Å². The molecule has 1 unspecified atom stereocenters. The van der Waals surface area contributed by atoms with E-state index in [0.29, 0.717) is 0 Å². The van der Waals surface area contributed by atoms with Gasteiger partial charge in [-0.1, -0.05) is 0 Å². The molecule has 0 nitrogen and oxygen atoms in total. The van der Waals surface area contributed by atoms with Crippen molar-refractivity contribution >= 4 is 22.0 Å². The monoisotopic (exact) mass is 360 g/mol. The third-order valence-electron chi connectivity index (χ3n) is 3.77. The molecule has 0 saturated heterocycles. The van der Waals surface area contributed by atoms with Gasteiger partial charge < -0.3 is 0 Å². The molecule has 0 N–H and O–H groups in total. The molecule has 0 radical (unpaired) electrons. The molecule has 0 aliphatic rings. The van der Waals surface area contributed by atoms with Gasteiger partial charge in [-0.2, -0.15) is 0 Å². The molecule has 0 saturated carbocycles. The van der Waals surface area contributed by atoms with Gasteiger partial charge in [-0.05, 0) is 0 Å². The first kappa shape index (κ1) is 14.6. The van der Waals surface area contributed by atoms with Crippen LogP contribution in [0, 0.1) is 5.92 Å². The Labute approximate surface area is 121 Å². The molecule has 0 aliphatic heterocycles. The van der Waals surface area contributed by atoms with E-state index in [2.05, 4.69) is 79.5 Å². The second-order valence-corrected chi connectivity index (χ2v) is 18.9. The van der Waals surface area contributed by atoms with Gasteiger partial charge in [-0.15, -0.1) is 0 Å². The summed E-state index contributed by atoms with van der Waals surface area (Å²) in [5.41, 5.74) is 1.52. The van der Waals surface area contributed by atoms with Crippen LogP contribution in [-0.2, 0) is 4.44 Å². The number of hydrogen-bond acceptors (Lipinski definition) is 0. The topological polar surface area (TPSA) is 0 Å². The van der Waals surface area contributed by atoms with Gasteiger partial charge in [0, 0.05) is 0 Å². The van der Waals surface area contributed by atoms with E-state index in [9.17, 15) is 0 Å². The molecular weight excluding hydrogens is 335 g/mol. The van der Waals surface area contributed by atoms with E-state index in [1.54, 1.807) is 3.58 Å². The Hall–Kier alpha value is -0.761. The molecule has 0 heterocycles. The Bertz CT molecular complexity index is 490. The zero-order valence-electron chi connectivity index (χ0n) is 12.3. The van der Waals surface area contributed by atoms with Crippen molar-refractivity contribution in [1.82, 2.24) is 0 Å². The van der Waals surface area contributed by atoms with Gasteiger partial charge in [0.05, 0.1) is 0 Å². The maximum absolute atomic E-state index is 2.61. The molecule has 2 rings (SSSR count). The van der Waals surface area contributed by atoms with Crippen LogP contribution in [0.15, 0.2) is 60.7 Å². The van der Waals surface area contributed by atoms with E-state index in [4.69, 9.17) is 0 Å². The summed E-state index contributed by atoms with van der Waals surface area (Å²) < 4.78 is 4.40. The fourth-order valence-electron chi connectivity index (χ4n) is 3.08. The van der Waals surface area contributed by atoms with Gasteiger partial charge in [0.2, 0.25) is 0 Å². The SMILES string of the molecule is CC(C)[CH2][Sn]([CH3])([CH2]c1ccccc1)[c]1ccccc1. The van der Waals surface area contributed by atoms with Crippen molar-refractivity contribution in [1.29, 1.82) is 0 Å². The molecule has 2 aromatic rings. The Morgan fingerprint density at radius 1 is 0.842 bits per heavy atom. The summed E-state index contributed by atoms with van der Waals surface area (Å²) in [5, 5.41) is 0. The molecule has 19 heavy (non-hydrogen) atoms. The van der Waals surface area contributed by atoms with Crippen LogP contribution in [0.5, 0.6) is 0 Å². The van der Waals surface area contributed by atoms with Crippen molar-refractivity contribution in [2.45, 2.75) is 27.7 Å². The second kappa shape index (κ2) is 6.60. The summed E-state index contributed by atoms with van der Waals surface area (Å²) in [5.74, 6) is 0.796. The van der Waals surface area contributed by atoms with Crippen LogP contribution < -0.4 is 3.58 Å². The van der Waals surface area contributed by atoms with E-state index in [1.165, 1.54) is 14.4 Å². The molecule has 0 aliphatic carbocycles. The first-order valence-electron chi connectivity index (χ1n) is 7.19. The summed E-state index contributed by atoms with van der Waals surface area (Å²) in [4.78, 5) is 2.61. The molecule has 0 fully saturated rings. The number of benzene rings is 2. The van der Waals surface area contributed by atoms with E-state index in [-0.39, 0.29) is 0 Å². The fourth-order valence-corrected chi connectivity index (χ4v) is 16.0. The number of hydrogen-bond donors (Lipinski definition) is 0. The first-order chi connectivity index (χ1) is 9.10. The second-order valence-electron chi connectivity index (χ2n) is 6.19. The molecule has 2 aromatic carbocycles. The third kappa shape index (κ3) is 4.10. The molecule has 100 valence electrons. The van der Waals surface area contributed by atoms with Crippen LogP contribution in [0.2, 0.25) is 9.38 Å². The zero-order chi connectivity index (χ0) is 13.7. The maximum atomic E-state index is 2.61. The van der Waals surface area contributed by atoms with Crippen molar-refractivity contribution in [3.05, 3.63) is 66.2 Å². The van der Waals surface area contributed by atoms with Crippen LogP contribution >= 0.6 is 0 Å². The van der Waals surface area contributed by atoms with Crippen LogP contribution in [0.3, 0.4) is 0 Å². The van der Waals surface area contributed by atoms with E-state index in [1.807, 2.05) is 0 Å². The molecule has 0 spiro atoms. The Morgan fingerprint density at radius 2 is 1.37 bits per heavy atom. The van der Waals surface area contributed by atoms with Crippen molar-refractivity contribution in [3.8, 4) is 0 Å². The van der Waals surface area contributed by atoms with Gasteiger partial charge in [-0.25, -0.2) is 0 Å². The van der Waals surface area contributed by atoms with Gasteiger partial charge in [0.1, 0.15) is 0 Å². The van der Waals surface area contributed by atoms with Gasteiger partial charge in [0.15, 0.2) is 0 Å². The van der Waals surface area contributed by atoms with Crippen molar-refractivity contribution in [3.63, 3.8) is 0 Å². The molecule has 0 aromatic heterocycles. The van der Waals surface area contributed by atoms with E-state index < -0.39 is 18.4 Å². The van der Waals surface area contributed by atoms with Crippen LogP contribution in [0.4, 0.5) is 0 Å². The van der Waals surface area contributed by atoms with Crippen molar-refractivity contribution in [2.24, 2.45) is 5.92 Å². The van der Waals surface area contributed by atoms with Gasteiger partial charge >= 0.3 is 122 Å². The normalized spacial score (nSPS) is 14.3. The summed E-state index contributed by atoms with van der Waals surface area (Å²) in [7, 11) is 0. The first-order valence-corrected chi connectivity index (χ1v) is 15.5. The third-order valence-corrected chi connectivity index (χ3v) is 17.0. The molecule has 0 bridgehead atoms. The minimum atomic E-state index is -2.27. The van der Waals surface area contributed by atoms with Crippen LogP contribution in [-0.4, -0.2) is 18.4 Å². The molecule has 1 atom stereocenters. The summed E-state index contributed by atoms with van der Waals surface area (Å²) in [6, 6.07) is 22.3. The Balaban J connectivity index is 2.30. The molecule has 0 amide bonds. The van der Waals surface area contributed by atoms with Crippen LogP contribution in [0.1, 0.15) is 19.4 Å². The average Bonchev–Trinajstić information content (AvgIpc) is 2.40. The minimum absolute atomic E-state index is 0.796. The van der Waals surface area contributed by atoms with Crippen molar-refractivity contribution < 1.29 is 0 Å². The Morgan fingerprint density at radius 3 is 1.89 bits per heavy atom. The quantitative estimate of drug-likeness (QED) is 0.694. The summed E-state index contributed by atoms with van der Waals surface area (Å²) >= 11 is -2.27. The van der Waals surface area contributed by atoms with Gasteiger partial charge in [-0.3, -0.25) is 0 Å². The molecular formula is C18H24Sn. The Kier molecular flexibility index (Phi) is 5.09. The fraction of sp³-hybridized carbons (Fsp3) is 0.333. The van der Waals surface area contributed by atoms with Crippen LogP contribution in [0.25, 0.3) is 0 Å². The number of rotatable bonds is 5. The molecule has 1 heteroatoms. The predicted molar refractivity (Wildman–Crippen MR) is 87.5 cm³/mol. The predicted octanol–water partition coefficient (Wildman–Crippen LogP) is 4.41.